The first-order valence-corrected chi connectivity index (χ1v) is 10.6. The fraction of sp³-hybridized carbons (Fsp3) is 0.667. The summed E-state index contributed by atoms with van der Waals surface area (Å²) in [4.78, 5) is 26.2. The van der Waals surface area contributed by atoms with Crippen LogP contribution in [0, 0.1) is 0 Å². The molecular weight excluding hydrogens is 562 g/mol. The maximum atomic E-state index is 11.5. The number of hydrogen-bond acceptors (Lipinski definition) is 4. The van der Waals surface area contributed by atoms with Crippen molar-refractivity contribution in [3.8, 4) is 0 Å². The minimum absolute atomic E-state index is 0.226. The Labute approximate surface area is 183 Å². The summed E-state index contributed by atoms with van der Waals surface area (Å²) in [5.41, 5.74) is -0.802. The standard InChI is InChI=1S/2C9H14INO2/c2*1-9(2,3)13-8(12)11-5-4-7(10)6-11/h6H,4-5H2,1-3H3;4H,5-6H2,1-3H3. The molecular formula is C18H28I2N2O4. The first-order chi connectivity index (χ1) is 11.8. The number of hydrogen-bond donors (Lipinski definition) is 0. The summed E-state index contributed by atoms with van der Waals surface area (Å²) in [5.74, 6) is 0. The number of carbonyl (C=O) groups is 2. The summed E-state index contributed by atoms with van der Waals surface area (Å²) in [6.07, 6.45) is 4.34. The van der Waals surface area contributed by atoms with E-state index in [4.69, 9.17) is 9.47 Å². The molecule has 26 heavy (non-hydrogen) atoms. The van der Waals surface area contributed by atoms with Crippen LogP contribution >= 0.6 is 45.2 Å². The van der Waals surface area contributed by atoms with Gasteiger partial charge >= 0.3 is 12.2 Å². The van der Waals surface area contributed by atoms with Gasteiger partial charge in [-0.2, -0.15) is 0 Å². The minimum atomic E-state index is -0.404. The molecule has 2 aliphatic rings. The zero-order chi connectivity index (χ0) is 20.1. The number of amides is 2. The molecule has 148 valence electrons. The maximum absolute atomic E-state index is 11.5. The molecule has 0 radical (unpaired) electrons. The highest BCUT2D eigenvalue weighted by molar-refractivity contribution is 14.1. The molecule has 0 saturated carbocycles. The van der Waals surface area contributed by atoms with Gasteiger partial charge in [0.2, 0.25) is 0 Å². The lowest BCUT2D eigenvalue weighted by molar-refractivity contribution is 0.0301. The average Bonchev–Trinajstić information content (AvgIpc) is 3.04. The molecule has 2 amide bonds. The normalized spacial score (nSPS) is 17.2. The van der Waals surface area contributed by atoms with E-state index in [1.54, 1.807) is 9.80 Å². The molecule has 0 spiro atoms. The molecule has 0 aliphatic carbocycles. The van der Waals surface area contributed by atoms with E-state index in [2.05, 4.69) is 45.2 Å². The summed E-state index contributed by atoms with van der Waals surface area (Å²) in [7, 11) is 0. The molecule has 8 heteroatoms. The molecule has 2 rings (SSSR count). The average molecular weight is 590 g/mol. The van der Waals surface area contributed by atoms with Gasteiger partial charge in [0.15, 0.2) is 0 Å². The van der Waals surface area contributed by atoms with Crippen molar-refractivity contribution in [3.05, 3.63) is 19.4 Å². The molecule has 0 aromatic rings. The third-order valence-corrected chi connectivity index (χ3v) is 4.64. The maximum Gasteiger partial charge on any atom is 0.414 e. The Morgan fingerprint density at radius 2 is 1.50 bits per heavy atom. The van der Waals surface area contributed by atoms with E-state index >= 15 is 0 Å². The fourth-order valence-electron chi connectivity index (χ4n) is 1.98. The van der Waals surface area contributed by atoms with Crippen molar-refractivity contribution in [2.75, 3.05) is 19.6 Å². The molecule has 2 aliphatic heterocycles. The first-order valence-electron chi connectivity index (χ1n) is 8.45. The molecule has 0 fully saturated rings. The van der Waals surface area contributed by atoms with E-state index in [-0.39, 0.29) is 12.2 Å². The van der Waals surface area contributed by atoms with Crippen LogP contribution in [0.1, 0.15) is 48.0 Å². The fourth-order valence-corrected chi connectivity index (χ4v) is 3.16. The molecule has 0 unspecified atom stereocenters. The molecule has 2 heterocycles. The Kier molecular flexibility index (Phi) is 8.69. The van der Waals surface area contributed by atoms with Crippen molar-refractivity contribution in [2.24, 2.45) is 0 Å². The van der Waals surface area contributed by atoms with Crippen molar-refractivity contribution in [2.45, 2.75) is 59.2 Å². The summed E-state index contributed by atoms with van der Waals surface area (Å²) in [6, 6.07) is 0. The van der Waals surface area contributed by atoms with Gasteiger partial charge in [-0.1, -0.05) is 6.08 Å². The molecule has 0 saturated heterocycles. The number of carbonyl (C=O) groups excluding carboxylic acids is 2. The van der Waals surface area contributed by atoms with E-state index in [1.165, 1.54) is 7.16 Å². The molecule has 0 atom stereocenters. The van der Waals surface area contributed by atoms with E-state index in [1.807, 2.05) is 53.8 Å². The zero-order valence-electron chi connectivity index (χ0n) is 16.3. The van der Waals surface area contributed by atoms with Gasteiger partial charge < -0.3 is 9.47 Å². The summed E-state index contributed by atoms with van der Waals surface area (Å²) in [5, 5.41) is 0. The van der Waals surface area contributed by atoms with Crippen LogP contribution in [0.15, 0.2) is 19.4 Å². The Bertz CT molecular complexity index is 589. The Hall–Kier alpha value is -0.520. The van der Waals surface area contributed by atoms with Crippen LogP contribution < -0.4 is 0 Å². The van der Waals surface area contributed by atoms with Crippen LogP contribution in [-0.2, 0) is 9.47 Å². The molecule has 0 aromatic carbocycles. The van der Waals surface area contributed by atoms with E-state index in [0.29, 0.717) is 13.1 Å². The van der Waals surface area contributed by atoms with Gasteiger partial charge in [-0.05, 0) is 93.1 Å². The minimum Gasteiger partial charge on any atom is -0.444 e. The van der Waals surface area contributed by atoms with Crippen LogP contribution in [0.25, 0.3) is 0 Å². The van der Waals surface area contributed by atoms with E-state index < -0.39 is 11.2 Å². The third kappa shape index (κ3) is 9.43. The molecule has 0 bridgehead atoms. The second kappa shape index (κ2) is 9.61. The lowest BCUT2D eigenvalue weighted by Crippen LogP contribution is -2.35. The predicted octanol–water partition coefficient (Wildman–Crippen LogP) is 5.46. The monoisotopic (exact) mass is 590 g/mol. The smallest absolute Gasteiger partial charge is 0.414 e. The van der Waals surface area contributed by atoms with Crippen LogP contribution in [0.4, 0.5) is 9.59 Å². The largest absolute Gasteiger partial charge is 0.444 e. The lowest BCUT2D eigenvalue weighted by atomic mass is 10.2. The Balaban J connectivity index is 0.000000260. The first kappa shape index (κ1) is 23.5. The van der Waals surface area contributed by atoms with Crippen molar-refractivity contribution < 1.29 is 19.1 Å². The van der Waals surface area contributed by atoms with Crippen molar-refractivity contribution >= 4 is 57.4 Å². The van der Waals surface area contributed by atoms with Gasteiger partial charge in [0.1, 0.15) is 11.2 Å². The summed E-state index contributed by atoms with van der Waals surface area (Å²) >= 11 is 4.46. The molecule has 0 N–H and O–H groups in total. The van der Waals surface area contributed by atoms with Gasteiger partial charge in [-0.25, -0.2) is 9.59 Å². The second-order valence-electron chi connectivity index (χ2n) is 8.01. The topological polar surface area (TPSA) is 59.1 Å². The van der Waals surface area contributed by atoms with Gasteiger partial charge in [-0.3, -0.25) is 9.80 Å². The molecule has 6 nitrogen and oxygen atoms in total. The Morgan fingerprint density at radius 3 is 1.88 bits per heavy atom. The van der Waals surface area contributed by atoms with Gasteiger partial charge in [0, 0.05) is 26.4 Å². The number of halogens is 2. The van der Waals surface area contributed by atoms with Gasteiger partial charge in [0.05, 0.1) is 6.54 Å². The highest BCUT2D eigenvalue weighted by Gasteiger charge is 2.24. The van der Waals surface area contributed by atoms with Crippen molar-refractivity contribution in [1.29, 1.82) is 0 Å². The van der Waals surface area contributed by atoms with Crippen LogP contribution in [-0.4, -0.2) is 52.8 Å². The number of rotatable bonds is 0. The van der Waals surface area contributed by atoms with E-state index in [0.717, 1.165) is 13.0 Å². The second-order valence-corrected chi connectivity index (χ2v) is 10.8. The van der Waals surface area contributed by atoms with Crippen molar-refractivity contribution in [3.63, 3.8) is 0 Å². The van der Waals surface area contributed by atoms with Gasteiger partial charge in [0.25, 0.3) is 0 Å². The predicted molar refractivity (Wildman–Crippen MR) is 120 cm³/mol. The SMILES string of the molecule is CC(C)(C)OC(=O)N1C=C(I)CC1.CC(C)(C)OC(=O)N1CC=C(I)C1. The van der Waals surface area contributed by atoms with Gasteiger partial charge in [-0.15, -0.1) is 0 Å². The highest BCUT2D eigenvalue weighted by atomic mass is 127. The molecule has 0 aromatic heterocycles. The third-order valence-electron chi connectivity index (χ3n) is 3.04. The quantitative estimate of drug-likeness (QED) is 0.352. The Morgan fingerprint density at radius 1 is 0.962 bits per heavy atom. The van der Waals surface area contributed by atoms with Crippen LogP contribution in [0.3, 0.4) is 0 Å². The number of ether oxygens (including phenoxy) is 2. The summed E-state index contributed by atoms with van der Waals surface area (Å²) in [6.45, 7) is 13.3. The number of nitrogens with zero attached hydrogens (tertiary/aromatic N) is 2. The highest BCUT2D eigenvalue weighted by Crippen LogP contribution is 2.22. The lowest BCUT2D eigenvalue weighted by Gasteiger charge is -2.24. The van der Waals surface area contributed by atoms with Crippen LogP contribution in [0.2, 0.25) is 0 Å². The van der Waals surface area contributed by atoms with Crippen molar-refractivity contribution in [1.82, 2.24) is 9.80 Å². The zero-order valence-corrected chi connectivity index (χ0v) is 20.6. The summed E-state index contributed by atoms with van der Waals surface area (Å²) < 4.78 is 12.8. The van der Waals surface area contributed by atoms with E-state index in [9.17, 15) is 9.59 Å². The van der Waals surface area contributed by atoms with Crippen LogP contribution in [0.5, 0.6) is 0 Å².